The Bertz CT molecular complexity index is 294. The van der Waals surface area contributed by atoms with E-state index in [2.05, 4.69) is 19.6 Å². The summed E-state index contributed by atoms with van der Waals surface area (Å²) in [5.74, 6) is -1.14. The third-order valence-electron chi connectivity index (χ3n) is 3.71. The van der Waals surface area contributed by atoms with Crippen molar-refractivity contribution in [2.45, 2.75) is 77.6 Å². The second-order valence-electron chi connectivity index (χ2n) is 5.80. The number of ether oxygens (including phenoxy) is 1. The third-order valence-corrected chi connectivity index (χ3v) is 4.02. The summed E-state index contributed by atoms with van der Waals surface area (Å²) < 4.78 is 5.12. The van der Waals surface area contributed by atoms with Crippen LogP contribution < -0.4 is 0 Å². The first-order valence-electron chi connectivity index (χ1n) is 8.61. The highest BCUT2D eigenvalue weighted by Crippen LogP contribution is 2.17. The second-order valence-corrected chi connectivity index (χ2v) is 6.25. The summed E-state index contributed by atoms with van der Waals surface area (Å²) in [7, 11) is 0. The van der Waals surface area contributed by atoms with Crippen LogP contribution in [-0.4, -0.2) is 29.4 Å². The number of aliphatic carboxylic acids is 1. The van der Waals surface area contributed by atoms with E-state index in [0.29, 0.717) is 25.2 Å². The standard InChI is InChI=1S/C17H32O4S/c1-2-3-4-5-6-7-8-9-11-15(14-16(18)19)17(20)21-12-10-13-22/h15,22H,2-14H2,1H3,(H,18,19). The topological polar surface area (TPSA) is 63.6 Å². The summed E-state index contributed by atoms with van der Waals surface area (Å²) in [4.78, 5) is 22.7. The number of thiol groups is 1. The molecule has 0 aliphatic carbocycles. The van der Waals surface area contributed by atoms with Crippen LogP contribution in [0.15, 0.2) is 0 Å². The van der Waals surface area contributed by atoms with Crippen molar-refractivity contribution in [1.29, 1.82) is 0 Å². The molecule has 0 fully saturated rings. The Labute approximate surface area is 140 Å². The van der Waals surface area contributed by atoms with E-state index in [0.717, 1.165) is 19.3 Å². The fraction of sp³-hybridized carbons (Fsp3) is 0.882. The summed E-state index contributed by atoms with van der Waals surface area (Å²) in [6.07, 6.45) is 10.7. The Morgan fingerprint density at radius 1 is 1.00 bits per heavy atom. The molecule has 0 aromatic carbocycles. The van der Waals surface area contributed by atoms with E-state index in [4.69, 9.17) is 9.84 Å². The largest absolute Gasteiger partial charge is 0.481 e. The molecule has 22 heavy (non-hydrogen) atoms. The minimum Gasteiger partial charge on any atom is -0.481 e. The molecule has 1 unspecified atom stereocenters. The second kappa shape index (κ2) is 15.2. The van der Waals surface area contributed by atoms with Crippen LogP contribution in [0, 0.1) is 5.92 Å². The molecule has 5 heteroatoms. The van der Waals surface area contributed by atoms with Gasteiger partial charge in [0, 0.05) is 0 Å². The normalized spacial score (nSPS) is 12.1. The third kappa shape index (κ3) is 13.0. The molecule has 0 amide bonds. The van der Waals surface area contributed by atoms with Gasteiger partial charge < -0.3 is 9.84 Å². The van der Waals surface area contributed by atoms with Gasteiger partial charge in [0.25, 0.3) is 0 Å². The Balaban J connectivity index is 3.84. The van der Waals surface area contributed by atoms with Gasteiger partial charge in [-0.05, 0) is 18.6 Å². The maximum atomic E-state index is 11.9. The first-order chi connectivity index (χ1) is 10.6. The number of carbonyl (C=O) groups is 2. The Morgan fingerprint density at radius 3 is 2.14 bits per heavy atom. The molecule has 1 N–H and O–H groups in total. The SMILES string of the molecule is CCCCCCCCCCC(CC(=O)O)C(=O)OCCCS. The Hall–Kier alpha value is -0.710. The minimum absolute atomic E-state index is 0.129. The molecule has 0 saturated heterocycles. The zero-order chi connectivity index (χ0) is 16.6. The molecular weight excluding hydrogens is 300 g/mol. The highest BCUT2D eigenvalue weighted by atomic mass is 32.1. The van der Waals surface area contributed by atoms with Crippen molar-refractivity contribution in [3.63, 3.8) is 0 Å². The van der Waals surface area contributed by atoms with Crippen LogP contribution in [-0.2, 0) is 14.3 Å². The number of carboxylic acids is 1. The van der Waals surface area contributed by atoms with E-state index >= 15 is 0 Å². The maximum absolute atomic E-state index is 11.9. The number of unbranched alkanes of at least 4 members (excludes halogenated alkanes) is 7. The van der Waals surface area contributed by atoms with Gasteiger partial charge in [0.2, 0.25) is 0 Å². The van der Waals surface area contributed by atoms with Crippen LogP contribution in [0.3, 0.4) is 0 Å². The zero-order valence-electron chi connectivity index (χ0n) is 13.9. The van der Waals surface area contributed by atoms with Gasteiger partial charge >= 0.3 is 11.9 Å². The molecule has 0 rings (SSSR count). The highest BCUT2D eigenvalue weighted by Gasteiger charge is 2.22. The average molecular weight is 333 g/mol. The van der Waals surface area contributed by atoms with Crippen LogP contribution in [0.25, 0.3) is 0 Å². The lowest BCUT2D eigenvalue weighted by Gasteiger charge is -2.14. The Morgan fingerprint density at radius 2 is 1.59 bits per heavy atom. The maximum Gasteiger partial charge on any atom is 0.309 e. The summed E-state index contributed by atoms with van der Waals surface area (Å²) in [5, 5.41) is 8.91. The van der Waals surface area contributed by atoms with Gasteiger partial charge in [-0.1, -0.05) is 58.3 Å². The molecule has 0 aliphatic rings. The fourth-order valence-electron chi connectivity index (χ4n) is 2.39. The lowest BCUT2D eigenvalue weighted by Crippen LogP contribution is -2.21. The van der Waals surface area contributed by atoms with Crippen LogP contribution in [0.1, 0.15) is 77.6 Å². The molecule has 0 saturated carbocycles. The molecule has 0 heterocycles. The molecule has 0 aromatic rings. The first-order valence-corrected chi connectivity index (χ1v) is 9.24. The number of carboxylic acid groups (broad SMARTS) is 1. The van der Waals surface area contributed by atoms with Crippen molar-refractivity contribution in [2.75, 3.05) is 12.4 Å². The summed E-state index contributed by atoms with van der Waals surface area (Å²) in [6, 6.07) is 0. The number of rotatable bonds is 15. The summed E-state index contributed by atoms with van der Waals surface area (Å²) >= 11 is 4.06. The molecule has 130 valence electrons. The van der Waals surface area contributed by atoms with E-state index in [9.17, 15) is 9.59 Å². The van der Waals surface area contributed by atoms with E-state index < -0.39 is 11.9 Å². The van der Waals surface area contributed by atoms with Crippen molar-refractivity contribution in [2.24, 2.45) is 5.92 Å². The van der Waals surface area contributed by atoms with Crippen LogP contribution in [0.4, 0.5) is 0 Å². The highest BCUT2D eigenvalue weighted by molar-refractivity contribution is 7.80. The van der Waals surface area contributed by atoms with E-state index in [1.54, 1.807) is 0 Å². The number of esters is 1. The average Bonchev–Trinajstić information content (AvgIpc) is 2.48. The van der Waals surface area contributed by atoms with E-state index in [1.807, 2.05) is 0 Å². The summed E-state index contributed by atoms with van der Waals surface area (Å²) in [6.45, 7) is 2.54. The van der Waals surface area contributed by atoms with E-state index in [-0.39, 0.29) is 12.4 Å². The van der Waals surface area contributed by atoms with Crippen LogP contribution in [0.5, 0.6) is 0 Å². The smallest absolute Gasteiger partial charge is 0.309 e. The molecule has 4 nitrogen and oxygen atoms in total. The van der Waals surface area contributed by atoms with Crippen molar-refractivity contribution in [1.82, 2.24) is 0 Å². The molecule has 0 bridgehead atoms. The Kier molecular flexibility index (Phi) is 14.7. The molecule has 0 aliphatic heterocycles. The zero-order valence-corrected chi connectivity index (χ0v) is 14.8. The van der Waals surface area contributed by atoms with Gasteiger partial charge in [0.05, 0.1) is 18.9 Å². The summed E-state index contributed by atoms with van der Waals surface area (Å²) in [5.41, 5.74) is 0. The van der Waals surface area contributed by atoms with Gasteiger partial charge in [-0.3, -0.25) is 9.59 Å². The lowest BCUT2D eigenvalue weighted by atomic mass is 9.97. The van der Waals surface area contributed by atoms with Crippen molar-refractivity contribution >= 4 is 24.6 Å². The molecule has 0 spiro atoms. The lowest BCUT2D eigenvalue weighted by molar-refractivity contribution is -0.153. The quantitative estimate of drug-likeness (QED) is 0.264. The fourth-order valence-corrected chi connectivity index (χ4v) is 2.52. The van der Waals surface area contributed by atoms with Gasteiger partial charge in [0.15, 0.2) is 0 Å². The van der Waals surface area contributed by atoms with Gasteiger partial charge in [-0.2, -0.15) is 12.6 Å². The minimum atomic E-state index is -0.935. The first kappa shape index (κ1) is 21.3. The van der Waals surface area contributed by atoms with Crippen molar-refractivity contribution < 1.29 is 19.4 Å². The van der Waals surface area contributed by atoms with E-state index in [1.165, 1.54) is 32.1 Å². The predicted octanol–water partition coefficient (Wildman–Crippen LogP) is 4.47. The van der Waals surface area contributed by atoms with Crippen molar-refractivity contribution in [3.05, 3.63) is 0 Å². The molecule has 0 radical (unpaired) electrons. The predicted molar refractivity (Wildman–Crippen MR) is 92.4 cm³/mol. The van der Waals surface area contributed by atoms with Gasteiger partial charge in [-0.15, -0.1) is 0 Å². The van der Waals surface area contributed by atoms with Gasteiger partial charge in [0.1, 0.15) is 0 Å². The number of hydrogen-bond donors (Lipinski definition) is 2. The molecular formula is C17H32O4S. The number of carbonyl (C=O) groups excluding carboxylic acids is 1. The monoisotopic (exact) mass is 332 g/mol. The van der Waals surface area contributed by atoms with Crippen LogP contribution in [0.2, 0.25) is 0 Å². The van der Waals surface area contributed by atoms with Crippen LogP contribution >= 0.6 is 12.6 Å². The molecule has 1 atom stereocenters. The van der Waals surface area contributed by atoms with Gasteiger partial charge in [-0.25, -0.2) is 0 Å². The molecule has 0 aromatic heterocycles. The van der Waals surface area contributed by atoms with Crippen molar-refractivity contribution in [3.8, 4) is 0 Å². The number of hydrogen-bond acceptors (Lipinski definition) is 4.